The molecule has 0 aliphatic carbocycles. The molecule has 0 saturated carbocycles. The Morgan fingerprint density at radius 3 is 2.67 bits per heavy atom. The molecular formula is C14H25N3O4. The van der Waals surface area contributed by atoms with Crippen LogP contribution < -0.4 is 10.6 Å². The maximum atomic E-state index is 11.7. The number of hydrogen-bond acceptors (Lipinski definition) is 4. The summed E-state index contributed by atoms with van der Waals surface area (Å²) in [5.41, 5.74) is 0. The molecule has 0 aromatic heterocycles. The molecule has 7 nitrogen and oxygen atoms in total. The van der Waals surface area contributed by atoms with E-state index in [1.165, 1.54) is 0 Å². The van der Waals surface area contributed by atoms with Crippen LogP contribution in [-0.4, -0.2) is 54.1 Å². The molecule has 0 aromatic rings. The number of carboxylic acids is 1. The minimum Gasteiger partial charge on any atom is -0.481 e. The molecule has 1 aliphatic rings. The summed E-state index contributed by atoms with van der Waals surface area (Å²) in [5, 5.41) is 13.6. The van der Waals surface area contributed by atoms with Gasteiger partial charge in [0.25, 0.3) is 0 Å². The van der Waals surface area contributed by atoms with Crippen molar-refractivity contribution in [3.05, 3.63) is 0 Å². The van der Waals surface area contributed by atoms with Crippen molar-refractivity contribution in [3.8, 4) is 0 Å². The lowest BCUT2D eigenvalue weighted by molar-refractivity contribution is -0.137. The van der Waals surface area contributed by atoms with Gasteiger partial charge in [0, 0.05) is 19.5 Å². The van der Waals surface area contributed by atoms with Crippen LogP contribution in [0.1, 0.15) is 33.1 Å². The summed E-state index contributed by atoms with van der Waals surface area (Å²) in [6.07, 6.45) is 1.71. The van der Waals surface area contributed by atoms with Gasteiger partial charge in [0.1, 0.15) is 0 Å². The Balaban J connectivity index is 2.20. The first kappa shape index (κ1) is 17.4. The van der Waals surface area contributed by atoms with Crippen LogP contribution in [0.5, 0.6) is 0 Å². The predicted molar refractivity (Wildman–Crippen MR) is 77.8 cm³/mol. The Bertz CT molecular complexity index is 384. The van der Waals surface area contributed by atoms with Gasteiger partial charge in [0.15, 0.2) is 0 Å². The van der Waals surface area contributed by atoms with Gasteiger partial charge in [-0.2, -0.15) is 0 Å². The molecule has 0 spiro atoms. The zero-order chi connectivity index (χ0) is 15.8. The normalized spacial score (nSPS) is 18.7. The predicted octanol–water partition coefficient (Wildman–Crippen LogP) is 0.655. The van der Waals surface area contributed by atoms with Gasteiger partial charge >= 0.3 is 12.0 Å². The number of aliphatic carboxylic acids is 1. The zero-order valence-corrected chi connectivity index (χ0v) is 12.7. The number of carbonyl (C=O) groups is 3. The number of imide groups is 1. The van der Waals surface area contributed by atoms with Crippen LogP contribution in [0.4, 0.5) is 4.79 Å². The molecule has 0 bridgehead atoms. The lowest BCUT2D eigenvalue weighted by Gasteiger charge is -2.15. The first-order chi connectivity index (χ1) is 9.86. The highest BCUT2D eigenvalue weighted by molar-refractivity contribution is 5.95. The molecule has 1 aliphatic heterocycles. The van der Waals surface area contributed by atoms with E-state index >= 15 is 0 Å². The Morgan fingerprint density at radius 2 is 2.05 bits per heavy atom. The number of carbonyl (C=O) groups excluding carboxylic acids is 2. The number of urea groups is 1. The Morgan fingerprint density at radius 1 is 1.33 bits per heavy atom. The van der Waals surface area contributed by atoms with Gasteiger partial charge in [-0.1, -0.05) is 13.8 Å². The third-order valence-corrected chi connectivity index (χ3v) is 3.43. The van der Waals surface area contributed by atoms with E-state index in [1.54, 1.807) is 0 Å². The van der Waals surface area contributed by atoms with Gasteiger partial charge in [-0.25, -0.2) is 4.79 Å². The average Bonchev–Trinajstić information content (AvgIpc) is 2.81. The lowest BCUT2D eigenvalue weighted by Crippen LogP contribution is -2.45. The Hall–Kier alpha value is -1.63. The lowest BCUT2D eigenvalue weighted by atomic mass is 10.0. The molecule has 1 rings (SSSR count). The van der Waals surface area contributed by atoms with Gasteiger partial charge < -0.3 is 10.4 Å². The number of nitrogens with zero attached hydrogens (tertiary/aromatic N) is 1. The van der Waals surface area contributed by atoms with E-state index in [1.807, 2.05) is 18.7 Å². The van der Waals surface area contributed by atoms with Gasteiger partial charge in [0.05, 0.1) is 6.54 Å². The monoisotopic (exact) mass is 299 g/mol. The van der Waals surface area contributed by atoms with E-state index in [2.05, 4.69) is 10.6 Å². The molecule has 0 radical (unpaired) electrons. The van der Waals surface area contributed by atoms with Crippen molar-refractivity contribution in [2.75, 3.05) is 26.2 Å². The highest BCUT2D eigenvalue weighted by atomic mass is 16.4. The summed E-state index contributed by atoms with van der Waals surface area (Å²) >= 11 is 0. The van der Waals surface area contributed by atoms with E-state index in [4.69, 9.17) is 5.11 Å². The smallest absolute Gasteiger partial charge is 0.321 e. The maximum absolute atomic E-state index is 11.7. The fraction of sp³-hybridized carbons (Fsp3) is 0.786. The second-order valence-corrected chi connectivity index (χ2v) is 5.97. The topological polar surface area (TPSA) is 98.7 Å². The first-order valence-electron chi connectivity index (χ1n) is 7.38. The number of likely N-dealkylation sites (tertiary alicyclic amines) is 1. The van der Waals surface area contributed by atoms with Crippen LogP contribution in [0.2, 0.25) is 0 Å². The largest absolute Gasteiger partial charge is 0.481 e. The summed E-state index contributed by atoms with van der Waals surface area (Å²) in [4.78, 5) is 35.6. The standard InChI is InChI=1S/C14H25N3O4/c1-10(2)7-15-14(21)16-12(18)9-17-6-5-11(8-17)3-4-13(19)20/h10-11H,3-9H2,1-2H3,(H,19,20)(H2,15,16,18,21). The molecule has 1 saturated heterocycles. The van der Waals surface area contributed by atoms with Gasteiger partial charge in [-0.3, -0.25) is 19.8 Å². The fourth-order valence-corrected chi connectivity index (χ4v) is 2.33. The van der Waals surface area contributed by atoms with Crippen molar-refractivity contribution in [2.24, 2.45) is 11.8 Å². The molecule has 1 fully saturated rings. The molecule has 3 N–H and O–H groups in total. The van der Waals surface area contributed by atoms with Crippen molar-refractivity contribution in [1.82, 2.24) is 15.5 Å². The summed E-state index contributed by atoms with van der Waals surface area (Å²) in [6.45, 7) is 6.14. The van der Waals surface area contributed by atoms with Crippen molar-refractivity contribution >= 4 is 17.9 Å². The van der Waals surface area contributed by atoms with Gasteiger partial charge in [-0.05, 0) is 31.2 Å². The third-order valence-electron chi connectivity index (χ3n) is 3.43. The SMILES string of the molecule is CC(C)CNC(=O)NC(=O)CN1CCC(CCC(=O)O)C1. The second-order valence-electron chi connectivity index (χ2n) is 5.97. The van der Waals surface area contributed by atoms with Crippen molar-refractivity contribution in [1.29, 1.82) is 0 Å². The third kappa shape index (κ3) is 7.65. The van der Waals surface area contributed by atoms with E-state index in [0.29, 0.717) is 31.3 Å². The van der Waals surface area contributed by atoms with Crippen LogP contribution in [0.25, 0.3) is 0 Å². The number of nitrogens with one attached hydrogen (secondary N) is 2. The number of rotatable bonds is 7. The van der Waals surface area contributed by atoms with E-state index in [-0.39, 0.29) is 18.9 Å². The van der Waals surface area contributed by atoms with E-state index < -0.39 is 12.0 Å². The number of carboxylic acid groups (broad SMARTS) is 1. The molecule has 21 heavy (non-hydrogen) atoms. The second kappa shape index (κ2) is 8.61. The average molecular weight is 299 g/mol. The number of amides is 3. The summed E-state index contributed by atoms with van der Waals surface area (Å²) in [7, 11) is 0. The van der Waals surface area contributed by atoms with Crippen molar-refractivity contribution in [3.63, 3.8) is 0 Å². The van der Waals surface area contributed by atoms with Crippen molar-refractivity contribution < 1.29 is 19.5 Å². The van der Waals surface area contributed by atoms with Crippen LogP contribution in [0.3, 0.4) is 0 Å². The highest BCUT2D eigenvalue weighted by Gasteiger charge is 2.24. The minimum absolute atomic E-state index is 0.169. The molecule has 7 heteroatoms. The Kier molecular flexibility index (Phi) is 7.14. The fourth-order valence-electron chi connectivity index (χ4n) is 2.33. The first-order valence-corrected chi connectivity index (χ1v) is 7.38. The van der Waals surface area contributed by atoms with Gasteiger partial charge in [-0.15, -0.1) is 0 Å². The molecule has 1 unspecified atom stereocenters. The van der Waals surface area contributed by atoms with Crippen LogP contribution in [-0.2, 0) is 9.59 Å². The molecule has 1 heterocycles. The van der Waals surface area contributed by atoms with Crippen LogP contribution in [0.15, 0.2) is 0 Å². The number of hydrogen-bond donors (Lipinski definition) is 3. The maximum Gasteiger partial charge on any atom is 0.321 e. The molecular weight excluding hydrogens is 274 g/mol. The summed E-state index contributed by atoms with van der Waals surface area (Å²) in [6, 6.07) is -0.463. The summed E-state index contributed by atoms with van der Waals surface area (Å²) < 4.78 is 0. The molecule has 0 aromatic carbocycles. The molecule has 120 valence electrons. The van der Waals surface area contributed by atoms with E-state index in [0.717, 1.165) is 13.0 Å². The quantitative estimate of drug-likeness (QED) is 0.641. The van der Waals surface area contributed by atoms with E-state index in [9.17, 15) is 14.4 Å². The van der Waals surface area contributed by atoms with Gasteiger partial charge in [0.2, 0.25) is 5.91 Å². The summed E-state index contributed by atoms with van der Waals surface area (Å²) in [5.74, 6) is -0.453. The minimum atomic E-state index is -0.784. The Labute approximate surface area is 125 Å². The molecule has 3 amide bonds. The van der Waals surface area contributed by atoms with Crippen molar-refractivity contribution in [2.45, 2.75) is 33.1 Å². The van der Waals surface area contributed by atoms with Crippen LogP contribution >= 0.6 is 0 Å². The molecule has 1 atom stereocenters. The van der Waals surface area contributed by atoms with Crippen LogP contribution in [0, 0.1) is 11.8 Å². The zero-order valence-electron chi connectivity index (χ0n) is 12.7. The highest BCUT2D eigenvalue weighted by Crippen LogP contribution is 2.20.